The van der Waals surface area contributed by atoms with Crippen molar-refractivity contribution in [2.75, 3.05) is 13.7 Å². The minimum atomic E-state index is 0.152. The van der Waals surface area contributed by atoms with Gasteiger partial charge in [-0.05, 0) is 24.9 Å². The van der Waals surface area contributed by atoms with E-state index in [1.807, 2.05) is 24.5 Å². The molecule has 0 spiro atoms. The Kier molecular flexibility index (Phi) is 5.43. The molecule has 0 saturated carbocycles. The number of ether oxygens (including phenoxy) is 1. The van der Waals surface area contributed by atoms with E-state index in [0.717, 1.165) is 30.6 Å². The van der Waals surface area contributed by atoms with E-state index < -0.39 is 0 Å². The van der Waals surface area contributed by atoms with Crippen LogP contribution in [0, 0.1) is 0 Å². The number of nitrogens with zero attached hydrogens (tertiary/aromatic N) is 3. The molecule has 0 saturated heterocycles. The van der Waals surface area contributed by atoms with Crippen LogP contribution in [0.1, 0.15) is 30.6 Å². The van der Waals surface area contributed by atoms with Crippen LogP contribution in [-0.4, -0.2) is 28.6 Å². The van der Waals surface area contributed by atoms with Crippen LogP contribution in [0.3, 0.4) is 0 Å². The van der Waals surface area contributed by atoms with Crippen LogP contribution < -0.4 is 10.1 Å². The van der Waals surface area contributed by atoms with Gasteiger partial charge >= 0.3 is 0 Å². The Hall–Kier alpha value is -2.01. The summed E-state index contributed by atoms with van der Waals surface area (Å²) in [6.45, 7) is 3.10. The monoisotopic (exact) mass is 272 g/mol. The second kappa shape index (κ2) is 7.55. The third-order valence-electron chi connectivity index (χ3n) is 3.03. The molecule has 0 radical (unpaired) electrons. The molecule has 2 aromatic heterocycles. The van der Waals surface area contributed by atoms with Gasteiger partial charge in [0, 0.05) is 30.9 Å². The molecule has 0 bridgehead atoms. The first-order chi connectivity index (χ1) is 9.83. The molecule has 5 nitrogen and oxygen atoms in total. The molecule has 1 unspecified atom stereocenters. The van der Waals surface area contributed by atoms with E-state index in [4.69, 9.17) is 4.74 Å². The zero-order valence-electron chi connectivity index (χ0n) is 11.9. The first-order valence-corrected chi connectivity index (χ1v) is 6.81. The molecule has 2 aromatic rings. The summed E-state index contributed by atoms with van der Waals surface area (Å²) in [6, 6.07) is 4.06. The van der Waals surface area contributed by atoms with E-state index in [0.29, 0.717) is 5.88 Å². The van der Waals surface area contributed by atoms with E-state index in [1.165, 1.54) is 0 Å². The van der Waals surface area contributed by atoms with Crippen molar-refractivity contribution in [2.45, 2.75) is 25.8 Å². The zero-order valence-corrected chi connectivity index (χ0v) is 11.9. The predicted molar refractivity (Wildman–Crippen MR) is 77.6 cm³/mol. The van der Waals surface area contributed by atoms with Gasteiger partial charge in [-0.15, -0.1) is 0 Å². The van der Waals surface area contributed by atoms with E-state index in [2.05, 4.69) is 27.2 Å². The Morgan fingerprint density at radius 2 is 2.10 bits per heavy atom. The van der Waals surface area contributed by atoms with E-state index >= 15 is 0 Å². The Balaban J connectivity index is 2.10. The first-order valence-electron chi connectivity index (χ1n) is 6.81. The molecule has 0 fully saturated rings. The van der Waals surface area contributed by atoms with Gasteiger partial charge in [0.25, 0.3) is 0 Å². The Morgan fingerprint density at radius 3 is 2.70 bits per heavy atom. The molecule has 0 amide bonds. The number of aromatic nitrogens is 3. The topological polar surface area (TPSA) is 59.9 Å². The third-order valence-corrected chi connectivity index (χ3v) is 3.03. The molecule has 20 heavy (non-hydrogen) atoms. The van der Waals surface area contributed by atoms with Crippen molar-refractivity contribution in [1.29, 1.82) is 0 Å². The van der Waals surface area contributed by atoms with Crippen LogP contribution in [0.4, 0.5) is 0 Å². The second-order valence-electron chi connectivity index (χ2n) is 4.55. The zero-order chi connectivity index (χ0) is 14.2. The van der Waals surface area contributed by atoms with Gasteiger partial charge in [0.15, 0.2) is 0 Å². The van der Waals surface area contributed by atoms with Crippen LogP contribution in [0.25, 0.3) is 0 Å². The van der Waals surface area contributed by atoms with Crippen LogP contribution in [0.15, 0.2) is 36.9 Å². The van der Waals surface area contributed by atoms with Crippen LogP contribution in [-0.2, 0) is 6.42 Å². The maximum absolute atomic E-state index is 5.07. The highest BCUT2D eigenvalue weighted by Gasteiger charge is 2.13. The predicted octanol–water partition coefficient (Wildman–Crippen LogP) is 2.16. The Bertz CT molecular complexity index is 501. The van der Waals surface area contributed by atoms with Crippen molar-refractivity contribution in [1.82, 2.24) is 20.3 Å². The van der Waals surface area contributed by atoms with Crippen LogP contribution >= 0.6 is 0 Å². The summed E-state index contributed by atoms with van der Waals surface area (Å²) < 4.78 is 5.07. The fourth-order valence-corrected chi connectivity index (χ4v) is 1.98. The molecule has 0 aliphatic carbocycles. The third kappa shape index (κ3) is 3.99. The number of pyridine rings is 1. The van der Waals surface area contributed by atoms with Crippen molar-refractivity contribution in [3.8, 4) is 5.88 Å². The van der Waals surface area contributed by atoms with Crippen LogP contribution in [0.2, 0.25) is 0 Å². The average molecular weight is 272 g/mol. The maximum Gasteiger partial charge on any atom is 0.212 e. The minimum Gasteiger partial charge on any atom is -0.481 e. The standard InChI is InChI=1S/C15H20N4O/c1-3-6-17-13(14-11-16-7-8-18-14)9-12-4-5-15(20-2)19-10-12/h4-5,7-8,10-11,13,17H,3,6,9H2,1-2H3. The quantitative estimate of drug-likeness (QED) is 0.837. The molecule has 2 heterocycles. The summed E-state index contributed by atoms with van der Waals surface area (Å²) in [4.78, 5) is 12.8. The highest BCUT2D eigenvalue weighted by molar-refractivity contribution is 5.20. The summed E-state index contributed by atoms with van der Waals surface area (Å²) >= 11 is 0. The lowest BCUT2D eigenvalue weighted by atomic mass is 10.0. The highest BCUT2D eigenvalue weighted by atomic mass is 16.5. The van der Waals surface area contributed by atoms with Gasteiger partial charge < -0.3 is 10.1 Å². The number of hydrogen-bond acceptors (Lipinski definition) is 5. The highest BCUT2D eigenvalue weighted by Crippen LogP contribution is 2.16. The van der Waals surface area contributed by atoms with Crippen molar-refractivity contribution >= 4 is 0 Å². The van der Waals surface area contributed by atoms with Crippen molar-refractivity contribution in [2.24, 2.45) is 0 Å². The molecule has 0 aliphatic heterocycles. The molecule has 0 aliphatic rings. The molecule has 2 rings (SSSR count). The molecule has 0 aromatic carbocycles. The van der Waals surface area contributed by atoms with Crippen molar-refractivity contribution in [3.05, 3.63) is 48.2 Å². The fourth-order valence-electron chi connectivity index (χ4n) is 1.98. The number of rotatable bonds is 7. The van der Waals surface area contributed by atoms with E-state index in [-0.39, 0.29) is 6.04 Å². The molecular formula is C15H20N4O. The normalized spacial score (nSPS) is 12.1. The number of hydrogen-bond donors (Lipinski definition) is 1. The van der Waals surface area contributed by atoms with Gasteiger partial charge in [0.2, 0.25) is 5.88 Å². The first kappa shape index (κ1) is 14.4. The lowest BCUT2D eigenvalue weighted by Gasteiger charge is -2.17. The summed E-state index contributed by atoms with van der Waals surface area (Å²) in [5, 5.41) is 3.50. The average Bonchev–Trinajstić information content (AvgIpc) is 2.53. The molecule has 5 heteroatoms. The van der Waals surface area contributed by atoms with E-state index in [9.17, 15) is 0 Å². The smallest absolute Gasteiger partial charge is 0.212 e. The van der Waals surface area contributed by atoms with Crippen molar-refractivity contribution < 1.29 is 4.74 Å². The summed E-state index contributed by atoms with van der Waals surface area (Å²) in [5.41, 5.74) is 2.10. The van der Waals surface area contributed by atoms with Gasteiger partial charge in [-0.25, -0.2) is 4.98 Å². The minimum absolute atomic E-state index is 0.152. The van der Waals surface area contributed by atoms with Gasteiger partial charge in [0.1, 0.15) is 0 Å². The summed E-state index contributed by atoms with van der Waals surface area (Å²) in [5.74, 6) is 0.631. The number of methoxy groups -OCH3 is 1. The van der Waals surface area contributed by atoms with Gasteiger partial charge in [0.05, 0.1) is 18.8 Å². The molecule has 106 valence electrons. The molecular weight excluding hydrogens is 252 g/mol. The van der Waals surface area contributed by atoms with Crippen molar-refractivity contribution in [3.63, 3.8) is 0 Å². The summed E-state index contributed by atoms with van der Waals surface area (Å²) in [7, 11) is 1.62. The van der Waals surface area contributed by atoms with Crippen LogP contribution in [0.5, 0.6) is 5.88 Å². The lowest BCUT2D eigenvalue weighted by Crippen LogP contribution is -2.25. The Morgan fingerprint density at radius 1 is 1.20 bits per heavy atom. The van der Waals surface area contributed by atoms with Gasteiger partial charge in [-0.1, -0.05) is 13.0 Å². The second-order valence-corrected chi connectivity index (χ2v) is 4.55. The summed E-state index contributed by atoms with van der Waals surface area (Å²) in [6.07, 6.45) is 8.98. The maximum atomic E-state index is 5.07. The van der Waals surface area contributed by atoms with Gasteiger partial charge in [-0.3, -0.25) is 9.97 Å². The largest absolute Gasteiger partial charge is 0.481 e. The van der Waals surface area contributed by atoms with Gasteiger partial charge in [-0.2, -0.15) is 0 Å². The lowest BCUT2D eigenvalue weighted by molar-refractivity contribution is 0.397. The Labute approximate surface area is 119 Å². The SMILES string of the molecule is CCCNC(Cc1ccc(OC)nc1)c1cnccn1. The molecule has 1 N–H and O–H groups in total. The number of nitrogens with one attached hydrogen (secondary N) is 1. The molecule has 1 atom stereocenters. The fraction of sp³-hybridized carbons (Fsp3) is 0.400. The van der Waals surface area contributed by atoms with E-state index in [1.54, 1.807) is 19.5 Å².